The van der Waals surface area contributed by atoms with Gasteiger partial charge in [-0.3, -0.25) is 10.1 Å². The summed E-state index contributed by atoms with van der Waals surface area (Å²) in [6.07, 6.45) is 0. The van der Waals surface area contributed by atoms with E-state index in [0.717, 1.165) is 0 Å². The molecule has 1 amide bonds. The maximum absolute atomic E-state index is 12.8. The van der Waals surface area contributed by atoms with E-state index in [-0.39, 0.29) is 12.6 Å². The summed E-state index contributed by atoms with van der Waals surface area (Å²) < 4.78 is 23.1. The monoisotopic (exact) mass is 296 g/mol. The predicted octanol–water partition coefficient (Wildman–Crippen LogP) is 2.23. The average molecular weight is 296 g/mol. The minimum absolute atomic E-state index is 0.148. The molecular formula is C15H21FN2O3. The summed E-state index contributed by atoms with van der Waals surface area (Å²) in [6, 6.07) is 5.41. The third kappa shape index (κ3) is 6.85. The summed E-state index contributed by atoms with van der Waals surface area (Å²) in [5.74, 6) is -0.444. The molecule has 1 aromatic rings. The third-order valence-corrected chi connectivity index (χ3v) is 2.45. The first-order chi connectivity index (χ1) is 10.0. The highest BCUT2D eigenvalue weighted by Crippen LogP contribution is 2.03. The van der Waals surface area contributed by atoms with Crippen molar-refractivity contribution in [1.82, 2.24) is 5.32 Å². The molecule has 0 atom stereocenters. The highest BCUT2D eigenvalue weighted by atomic mass is 19.1. The van der Waals surface area contributed by atoms with Crippen LogP contribution >= 0.6 is 0 Å². The zero-order valence-electron chi connectivity index (χ0n) is 12.6. The van der Waals surface area contributed by atoms with Gasteiger partial charge >= 0.3 is 0 Å². The summed E-state index contributed by atoms with van der Waals surface area (Å²) >= 11 is 0. The van der Waals surface area contributed by atoms with Crippen molar-refractivity contribution in [2.24, 2.45) is 10.9 Å². The number of nitrogens with zero attached hydrogens (tertiary/aromatic N) is 1. The average Bonchev–Trinajstić information content (AvgIpc) is 2.45. The highest BCUT2D eigenvalue weighted by molar-refractivity contribution is 6.04. The molecule has 1 rings (SSSR count). The molecule has 5 nitrogen and oxygen atoms in total. The Labute approximate surface area is 124 Å². The van der Waals surface area contributed by atoms with E-state index >= 15 is 0 Å². The van der Waals surface area contributed by atoms with Gasteiger partial charge in [0.1, 0.15) is 12.4 Å². The van der Waals surface area contributed by atoms with Gasteiger partial charge in [0.05, 0.1) is 6.61 Å². The Hall–Kier alpha value is -1.95. The van der Waals surface area contributed by atoms with Crippen LogP contribution in [-0.4, -0.2) is 38.8 Å². The molecule has 6 heteroatoms. The van der Waals surface area contributed by atoms with Crippen LogP contribution < -0.4 is 5.32 Å². The lowest BCUT2D eigenvalue weighted by atomic mass is 10.2. The van der Waals surface area contributed by atoms with Crippen molar-refractivity contribution in [3.63, 3.8) is 0 Å². The maximum Gasteiger partial charge on any atom is 0.291 e. The first-order valence-electron chi connectivity index (χ1n) is 6.76. The van der Waals surface area contributed by atoms with E-state index in [4.69, 9.17) is 9.47 Å². The van der Waals surface area contributed by atoms with E-state index < -0.39 is 11.7 Å². The minimum Gasteiger partial charge on any atom is -0.463 e. The fraction of sp³-hybridized carbons (Fsp3) is 0.467. The van der Waals surface area contributed by atoms with Gasteiger partial charge in [-0.1, -0.05) is 13.8 Å². The molecule has 0 saturated carbocycles. The molecule has 0 saturated heterocycles. The number of carbonyl (C=O) groups is 1. The van der Waals surface area contributed by atoms with Gasteiger partial charge in [0.2, 0.25) is 0 Å². The number of rotatable bonds is 6. The fourth-order valence-corrected chi connectivity index (χ4v) is 1.38. The van der Waals surface area contributed by atoms with Crippen molar-refractivity contribution in [2.75, 3.05) is 26.9 Å². The molecule has 0 aliphatic carbocycles. The number of methoxy groups -OCH3 is 1. The van der Waals surface area contributed by atoms with E-state index in [2.05, 4.69) is 10.3 Å². The van der Waals surface area contributed by atoms with Crippen LogP contribution in [0.5, 0.6) is 0 Å². The normalized spacial score (nSPS) is 11.6. The first kappa shape index (κ1) is 17.1. The van der Waals surface area contributed by atoms with Gasteiger partial charge in [-0.15, -0.1) is 0 Å². The summed E-state index contributed by atoms with van der Waals surface area (Å²) in [6.45, 7) is 5.24. The van der Waals surface area contributed by atoms with Crippen molar-refractivity contribution in [3.05, 3.63) is 35.6 Å². The van der Waals surface area contributed by atoms with E-state index in [9.17, 15) is 9.18 Å². The number of carbonyl (C=O) groups excluding carboxylic acids is 1. The van der Waals surface area contributed by atoms with Crippen LogP contribution in [0, 0.1) is 11.7 Å². The smallest absolute Gasteiger partial charge is 0.291 e. The van der Waals surface area contributed by atoms with Crippen LogP contribution in [0.25, 0.3) is 0 Å². The Kier molecular flexibility index (Phi) is 7.39. The van der Waals surface area contributed by atoms with E-state index in [1.54, 1.807) is 7.11 Å². The zero-order chi connectivity index (χ0) is 15.7. The molecular weight excluding hydrogens is 275 g/mol. The molecule has 0 aromatic heterocycles. The number of hydrogen-bond donors (Lipinski definition) is 1. The molecule has 116 valence electrons. The standard InChI is InChI=1S/C15H21FN2O3/c1-11(2)10-17-15(21-9-8-20-3)18-14(19)12-4-6-13(16)7-5-12/h4-7,11H,8-10H2,1-3H3,(H,17,18,19). The lowest BCUT2D eigenvalue weighted by Gasteiger charge is -2.11. The SMILES string of the molecule is COCCOC(=NCC(C)C)NC(=O)c1ccc(F)cc1. The molecule has 0 spiro atoms. The number of ether oxygens (including phenoxy) is 2. The van der Waals surface area contributed by atoms with Crippen LogP contribution in [-0.2, 0) is 9.47 Å². The van der Waals surface area contributed by atoms with Crippen molar-refractivity contribution in [1.29, 1.82) is 0 Å². The maximum atomic E-state index is 12.8. The Morgan fingerprint density at radius 3 is 2.52 bits per heavy atom. The largest absolute Gasteiger partial charge is 0.463 e. The number of aliphatic imine (C=N–C) groups is 1. The van der Waals surface area contributed by atoms with Gasteiger partial charge in [0.15, 0.2) is 0 Å². The summed E-state index contributed by atoms with van der Waals surface area (Å²) in [4.78, 5) is 16.2. The zero-order valence-corrected chi connectivity index (χ0v) is 12.6. The third-order valence-electron chi connectivity index (χ3n) is 2.45. The molecule has 1 N–H and O–H groups in total. The Morgan fingerprint density at radius 2 is 1.95 bits per heavy atom. The van der Waals surface area contributed by atoms with Gasteiger partial charge in [-0.05, 0) is 30.2 Å². The Morgan fingerprint density at radius 1 is 1.29 bits per heavy atom. The highest BCUT2D eigenvalue weighted by Gasteiger charge is 2.10. The number of benzene rings is 1. The van der Waals surface area contributed by atoms with Crippen LogP contribution in [0.3, 0.4) is 0 Å². The fourth-order valence-electron chi connectivity index (χ4n) is 1.38. The minimum atomic E-state index is -0.394. The van der Waals surface area contributed by atoms with E-state index in [0.29, 0.717) is 24.6 Å². The van der Waals surface area contributed by atoms with Crippen molar-refractivity contribution in [3.8, 4) is 0 Å². The number of amides is 1. The van der Waals surface area contributed by atoms with E-state index in [1.165, 1.54) is 24.3 Å². The summed E-state index contributed by atoms with van der Waals surface area (Å²) in [5, 5.41) is 2.58. The molecule has 0 aliphatic heterocycles. The second kappa shape index (κ2) is 9.07. The molecule has 0 radical (unpaired) electrons. The first-order valence-corrected chi connectivity index (χ1v) is 6.76. The van der Waals surface area contributed by atoms with Crippen LogP contribution in [0.1, 0.15) is 24.2 Å². The second-order valence-electron chi connectivity index (χ2n) is 4.84. The molecule has 1 aromatic carbocycles. The predicted molar refractivity (Wildman–Crippen MR) is 78.8 cm³/mol. The van der Waals surface area contributed by atoms with Crippen molar-refractivity contribution in [2.45, 2.75) is 13.8 Å². The van der Waals surface area contributed by atoms with Crippen LogP contribution in [0.4, 0.5) is 4.39 Å². The van der Waals surface area contributed by atoms with Gasteiger partial charge in [0.25, 0.3) is 11.9 Å². The van der Waals surface area contributed by atoms with Gasteiger partial charge in [0, 0.05) is 19.2 Å². The van der Waals surface area contributed by atoms with Crippen molar-refractivity contribution < 1.29 is 18.7 Å². The van der Waals surface area contributed by atoms with Crippen LogP contribution in [0.2, 0.25) is 0 Å². The number of amidine groups is 1. The van der Waals surface area contributed by atoms with E-state index in [1.807, 2.05) is 13.8 Å². The Bertz CT molecular complexity index is 472. The van der Waals surface area contributed by atoms with Gasteiger partial charge in [-0.25, -0.2) is 9.38 Å². The molecule has 0 unspecified atom stereocenters. The molecule has 0 fully saturated rings. The second-order valence-corrected chi connectivity index (χ2v) is 4.84. The molecule has 21 heavy (non-hydrogen) atoms. The molecule has 0 bridgehead atoms. The Balaban J connectivity index is 2.67. The lowest BCUT2D eigenvalue weighted by molar-refractivity contribution is 0.0953. The van der Waals surface area contributed by atoms with Gasteiger partial charge < -0.3 is 9.47 Å². The number of halogens is 1. The topological polar surface area (TPSA) is 59.9 Å². The van der Waals surface area contributed by atoms with Gasteiger partial charge in [-0.2, -0.15) is 0 Å². The lowest BCUT2D eigenvalue weighted by Crippen LogP contribution is -2.33. The quantitative estimate of drug-likeness (QED) is 0.497. The number of nitrogens with one attached hydrogen (secondary N) is 1. The van der Waals surface area contributed by atoms with Crippen molar-refractivity contribution >= 4 is 11.9 Å². The number of hydrogen-bond acceptors (Lipinski definition) is 4. The summed E-state index contributed by atoms with van der Waals surface area (Å²) in [5.41, 5.74) is 0.337. The van der Waals surface area contributed by atoms with Crippen LogP contribution in [0.15, 0.2) is 29.3 Å². The molecule has 0 aliphatic rings. The molecule has 0 heterocycles. The summed E-state index contributed by atoms with van der Waals surface area (Å²) in [7, 11) is 1.56.